The third-order valence-electron chi connectivity index (χ3n) is 2.80. The van der Waals surface area contributed by atoms with Gasteiger partial charge in [0, 0.05) is 11.6 Å². The van der Waals surface area contributed by atoms with Gasteiger partial charge in [-0.2, -0.15) is 0 Å². The number of benzene rings is 1. The van der Waals surface area contributed by atoms with Gasteiger partial charge in [-0.05, 0) is 31.7 Å². The van der Waals surface area contributed by atoms with Crippen molar-refractivity contribution in [3.8, 4) is 11.5 Å². The van der Waals surface area contributed by atoms with Crippen LogP contribution in [0.4, 0.5) is 0 Å². The predicted octanol–water partition coefficient (Wildman–Crippen LogP) is 3.34. The summed E-state index contributed by atoms with van der Waals surface area (Å²) in [5.74, 6) is 1.74. The molecule has 0 unspecified atom stereocenters. The largest absolute Gasteiger partial charge is 0.493 e. The minimum absolute atomic E-state index is 0.0814. The van der Waals surface area contributed by atoms with Crippen LogP contribution in [0.5, 0.6) is 11.5 Å². The van der Waals surface area contributed by atoms with E-state index in [0.29, 0.717) is 34.6 Å². The van der Waals surface area contributed by atoms with Crippen LogP contribution < -0.4 is 9.47 Å². The third kappa shape index (κ3) is 2.91. The van der Waals surface area contributed by atoms with Gasteiger partial charge < -0.3 is 9.47 Å². The summed E-state index contributed by atoms with van der Waals surface area (Å²) in [7, 11) is 1.55. The van der Waals surface area contributed by atoms with Crippen molar-refractivity contribution in [2.75, 3.05) is 13.7 Å². The Morgan fingerprint density at radius 3 is 2.65 bits per heavy atom. The fraction of sp³-hybridized carbons (Fsp3) is 0.462. The Hall–Kier alpha value is -1.22. The van der Waals surface area contributed by atoms with E-state index in [1.54, 1.807) is 19.2 Å². The Kier molecular flexibility index (Phi) is 3.57. The van der Waals surface area contributed by atoms with Crippen molar-refractivity contribution >= 4 is 17.4 Å². The van der Waals surface area contributed by atoms with Gasteiger partial charge in [0.2, 0.25) is 0 Å². The topological polar surface area (TPSA) is 35.5 Å². The van der Waals surface area contributed by atoms with Gasteiger partial charge in [-0.25, -0.2) is 0 Å². The second kappa shape index (κ2) is 4.96. The summed E-state index contributed by atoms with van der Waals surface area (Å²) >= 11 is 6.03. The van der Waals surface area contributed by atoms with Crippen molar-refractivity contribution in [1.82, 2.24) is 0 Å². The number of rotatable bonds is 5. The lowest BCUT2D eigenvalue weighted by atomic mass is 10.1. The lowest BCUT2D eigenvalue weighted by molar-refractivity contribution is 0.101. The van der Waals surface area contributed by atoms with Gasteiger partial charge >= 0.3 is 0 Å². The summed E-state index contributed by atoms with van der Waals surface area (Å²) < 4.78 is 10.9. The van der Waals surface area contributed by atoms with E-state index in [4.69, 9.17) is 21.1 Å². The van der Waals surface area contributed by atoms with Gasteiger partial charge in [0.15, 0.2) is 17.3 Å². The van der Waals surface area contributed by atoms with Crippen LogP contribution >= 0.6 is 11.6 Å². The van der Waals surface area contributed by atoms with Crippen LogP contribution in [0.25, 0.3) is 0 Å². The normalized spacial score (nSPS) is 14.5. The molecule has 0 radical (unpaired) electrons. The molecule has 0 heterocycles. The lowest BCUT2D eigenvalue weighted by Crippen LogP contribution is -2.03. The Balaban J connectivity index is 2.23. The van der Waals surface area contributed by atoms with Gasteiger partial charge in [0.05, 0.1) is 18.7 Å². The van der Waals surface area contributed by atoms with E-state index in [1.165, 1.54) is 19.8 Å². The standard InChI is InChI=1S/C13H15ClO3/c1-8(15)10-5-12(16-2)13(6-11(10)14)17-7-9-3-4-9/h5-6,9H,3-4,7H2,1-2H3. The molecule has 3 nitrogen and oxygen atoms in total. The molecule has 17 heavy (non-hydrogen) atoms. The highest BCUT2D eigenvalue weighted by atomic mass is 35.5. The van der Waals surface area contributed by atoms with Crippen molar-refractivity contribution in [1.29, 1.82) is 0 Å². The van der Waals surface area contributed by atoms with E-state index in [9.17, 15) is 4.79 Å². The Morgan fingerprint density at radius 2 is 2.12 bits per heavy atom. The van der Waals surface area contributed by atoms with E-state index in [0.717, 1.165) is 0 Å². The van der Waals surface area contributed by atoms with Crippen molar-refractivity contribution in [3.63, 3.8) is 0 Å². The molecular formula is C13H15ClO3. The molecule has 1 aromatic carbocycles. The fourth-order valence-electron chi connectivity index (χ4n) is 1.57. The molecule has 0 bridgehead atoms. The van der Waals surface area contributed by atoms with Crippen LogP contribution in [0.3, 0.4) is 0 Å². The maximum absolute atomic E-state index is 11.3. The van der Waals surface area contributed by atoms with E-state index in [1.807, 2.05) is 0 Å². The second-order valence-corrected chi connectivity index (χ2v) is 4.70. The molecule has 0 aromatic heterocycles. The number of hydrogen-bond donors (Lipinski definition) is 0. The number of halogens is 1. The van der Waals surface area contributed by atoms with E-state index in [2.05, 4.69) is 0 Å². The number of ether oxygens (including phenoxy) is 2. The maximum Gasteiger partial charge on any atom is 0.162 e. The number of carbonyl (C=O) groups is 1. The SMILES string of the molecule is COc1cc(C(C)=O)c(Cl)cc1OCC1CC1. The van der Waals surface area contributed by atoms with Crippen LogP contribution in [-0.2, 0) is 0 Å². The quantitative estimate of drug-likeness (QED) is 0.756. The number of ketones is 1. The van der Waals surface area contributed by atoms with Crippen LogP contribution in [0.15, 0.2) is 12.1 Å². The molecule has 1 aliphatic carbocycles. The summed E-state index contributed by atoms with van der Waals surface area (Å²) in [4.78, 5) is 11.3. The molecule has 1 aromatic rings. The van der Waals surface area contributed by atoms with E-state index >= 15 is 0 Å². The number of Topliss-reactive ketones (excluding diaryl/α,β-unsaturated/α-hetero) is 1. The molecule has 1 fully saturated rings. The zero-order valence-corrected chi connectivity index (χ0v) is 10.7. The molecule has 0 spiro atoms. The molecule has 0 aliphatic heterocycles. The second-order valence-electron chi connectivity index (χ2n) is 4.29. The number of hydrogen-bond acceptors (Lipinski definition) is 3. The predicted molar refractivity (Wildman–Crippen MR) is 66.2 cm³/mol. The summed E-state index contributed by atoms with van der Waals surface area (Å²) in [6.45, 7) is 2.16. The monoisotopic (exact) mass is 254 g/mol. The van der Waals surface area contributed by atoms with Crippen LogP contribution in [0, 0.1) is 5.92 Å². The van der Waals surface area contributed by atoms with Crippen molar-refractivity contribution in [2.24, 2.45) is 5.92 Å². The molecular weight excluding hydrogens is 240 g/mol. The minimum atomic E-state index is -0.0814. The molecule has 92 valence electrons. The molecule has 0 amide bonds. The van der Waals surface area contributed by atoms with Gasteiger partial charge in [-0.1, -0.05) is 11.6 Å². The highest BCUT2D eigenvalue weighted by Crippen LogP contribution is 2.36. The fourth-order valence-corrected chi connectivity index (χ4v) is 1.86. The van der Waals surface area contributed by atoms with Crippen LogP contribution in [-0.4, -0.2) is 19.5 Å². The summed E-state index contributed by atoms with van der Waals surface area (Å²) in [6.07, 6.45) is 2.45. The Labute approximate surface area is 106 Å². The first kappa shape index (κ1) is 12.2. The molecule has 0 atom stereocenters. The van der Waals surface area contributed by atoms with Crippen molar-refractivity contribution in [3.05, 3.63) is 22.7 Å². The summed E-state index contributed by atoms with van der Waals surface area (Å²) in [5, 5.41) is 0.407. The first-order chi connectivity index (χ1) is 8.11. The first-order valence-electron chi connectivity index (χ1n) is 5.63. The number of methoxy groups -OCH3 is 1. The molecule has 1 saturated carbocycles. The zero-order valence-electron chi connectivity index (χ0n) is 9.96. The smallest absolute Gasteiger partial charge is 0.162 e. The van der Waals surface area contributed by atoms with Gasteiger partial charge in [-0.3, -0.25) is 4.79 Å². The van der Waals surface area contributed by atoms with Gasteiger partial charge in [0.1, 0.15) is 0 Å². The zero-order chi connectivity index (χ0) is 12.4. The molecule has 0 saturated heterocycles. The Bertz CT molecular complexity index is 439. The first-order valence-corrected chi connectivity index (χ1v) is 6.01. The molecule has 1 aliphatic rings. The number of carbonyl (C=O) groups excluding carboxylic acids is 1. The lowest BCUT2D eigenvalue weighted by Gasteiger charge is -2.12. The van der Waals surface area contributed by atoms with E-state index < -0.39 is 0 Å². The Morgan fingerprint density at radius 1 is 1.41 bits per heavy atom. The maximum atomic E-state index is 11.3. The van der Waals surface area contributed by atoms with Crippen LogP contribution in [0.2, 0.25) is 5.02 Å². The van der Waals surface area contributed by atoms with Gasteiger partial charge in [-0.15, -0.1) is 0 Å². The van der Waals surface area contributed by atoms with Gasteiger partial charge in [0.25, 0.3) is 0 Å². The van der Waals surface area contributed by atoms with Crippen molar-refractivity contribution < 1.29 is 14.3 Å². The van der Waals surface area contributed by atoms with E-state index in [-0.39, 0.29) is 5.78 Å². The highest BCUT2D eigenvalue weighted by Gasteiger charge is 2.23. The average molecular weight is 255 g/mol. The molecule has 2 rings (SSSR count). The minimum Gasteiger partial charge on any atom is -0.493 e. The molecule has 0 N–H and O–H groups in total. The van der Waals surface area contributed by atoms with Crippen molar-refractivity contribution in [2.45, 2.75) is 19.8 Å². The third-order valence-corrected chi connectivity index (χ3v) is 3.12. The average Bonchev–Trinajstić information content (AvgIpc) is 3.09. The molecule has 4 heteroatoms. The summed E-state index contributed by atoms with van der Waals surface area (Å²) in [5.41, 5.74) is 0.460. The summed E-state index contributed by atoms with van der Waals surface area (Å²) in [6, 6.07) is 3.28. The van der Waals surface area contributed by atoms with Crippen LogP contribution in [0.1, 0.15) is 30.1 Å². The highest BCUT2D eigenvalue weighted by molar-refractivity contribution is 6.34.